The summed E-state index contributed by atoms with van der Waals surface area (Å²) in [4.78, 5) is 2.70. The first-order valence-corrected chi connectivity index (χ1v) is 7.38. The molecule has 3 rings (SSSR count). The van der Waals surface area contributed by atoms with Gasteiger partial charge >= 0.3 is 0 Å². The van der Waals surface area contributed by atoms with Crippen LogP contribution in [0.15, 0.2) is 0 Å². The number of ether oxygens (including phenoxy) is 1. The van der Waals surface area contributed by atoms with Gasteiger partial charge in [0.25, 0.3) is 0 Å². The minimum atomic E-state index is 0.632. The highest BCUT2D eigenvalue weighted by Gasteiger charge is 2.34. The Bertz CT molecular complexity index is 249. The van der Waals surface area contributed by atoms with Crippen molar-refractivity contribution in [3.63, 3.8) is 0 Å². The molecule has 0 aromatic heterocycles. The number of hydrogen-bond acceptors (Lipinski definition) is 3. The van der Waals surface area contributed by atoms with Crippen molar-refractivity contribution < 1.29 is 4.74 Å². The summed E-state index contributed by atoms with van der Waals surface area (Å²) in [5, 5.41) is 3.74. The highest BCUT2D eigenvalue weighted by molar-refractivity contribution is 4.90. The van der Waals surface area contributed by atoms with Gasteiger partial charge in [-0.1, -0.05) is 0 Å². The Morgan fingerprint density at radius 2 is 2.18 bits per heavy atom. The van der Waals surface area contributed by atoms with E-state index in [1.807, 2.05) is 0 Å². The van der Waals surface area contributed by atoms with Crippen molar-refractivity contribution in [2.75, 3.05) is 32.8 Å². The Morgan fingerprint density at radius 3 is 2.88 bits per heavy atom. The third-order valence-corrected chi connectivity index (χ3v) is 4.78. The first-order valence-electron chi connectivity index (χ1n) is 7.38. The van der Waals surface area contributed by atoms with Crippen LogP contribution in [-0.2, 0) is 4.74 Å². The van der Waals surface area contributed by atoms with Crippen LogP contribution in [0, 0.1) is 11.8 Å². The lowest BCUT2D eigenvalue weighted by Gasteiger charge is -2.22. The van der Waals surface area contributed by atoms with Gasteiger partial charge in [-0.15, -0.1) is 0 Å². The van der Waals surface area contributed by atoms with Crippen LogP contribution in [-0.4, -0.2) is 49.8 Å². The molecule has 0 aromatic rings. The van der Waals surface area contributed by atoms with Crippen LogP contribution >= 0.6 is 0 Å². The Morgan fingerprint density at radius 1 is 1.29 bits per heavy atom. The van der Waals surface area contributed by atoms with E-state index in [1.54, 1.807) is 0 Å². The van der Waals surface area contributed by atoms with Crippen molar-refractivity contribution in [3.8, 4) is 0 Å². The molecule has 1 aliphatic carbocycles. The van der Waals surface area contributed by atoms with Crippen molar-refractivity contribution in [1.29, 1.82) is 0 Å². The Balaban J connectivity index is 1.36. The molecular weight excluding hydrogens is 212 g/mol. The molecule has 2 heterocycles. The van der Waals surface area contributed by atoms with Crippen molar-refractivity contribution >= 4 is 0 Å². The number of rotatable bonds is 5. The fourth-order valence-electron chi connectivity index (χ4n) is 3.27. The van der Waals surface area contributed by atoms with E-state index in [4.69, 9.17) is 4.74 Å². The van der Waals surface area contributed by atoms with E-state index < -0.39 is 0 Å². The number of nitrogens with zero attached hydrogens (tertiary/aromatic N) is 1. The smallest absolute Gasteiger partial charge is 0.0509 e. The average molecular weight is 238 g/mol. The van der Waals surface area contributed by atoms with Crippen molar-refractivity contribution in [2.24, 2.45) is 11.8 Å². The molecule has 0 spiro atoms. The summed E-state index contributed by atoms with van der Waals surface area (Å²) < 4.78 is 5.46. The summed E-state index contributed by atoms with van der Waals surface area (Å²) in [7, 11) is 0. The molecule has 1 N–H and O–H groups in total. The standard InChI is InChI=1S/C14H26N2O/c1-11(13-5-7-17-10-13)15-8-12-4-6-16(9-12)14-2-3-14/h11-15H,2-10H2,1H3. The second kappa shape index (κ2) is 5.25. The summed E-state index contributed by atoms with van der Waals surface area (Å²) in [6, 6.07) is 1.59. The van der Waals surface area contributed by atoms with Crippen LogP contribution in [0.3, 0.4) is 0 Å². The maximum absolute atomic E-state index is 5.46. The Hall–Kier alpha value is -0.120. The topological polar surface area (TPSA) is 24.5 Å². The lowest BCUT2D eigenvalue weighted by atomic mass is 10.00. The van der Waals surface area contributed by atoms with E-state index in [0.717, 1.165) is 31.1 Å². The molecule has 0 radical (unpaired) electrons. The SMILES string of the molecule is CC(NCC1CCN(C2CC2)C1)C1CCOC1. The first-order chi connectivity index (χ1) is 8.33. The lowest BCUT2D eigenvalue weighted by molar-refractivity contribution is 0.177. The quantitative estimate of drug-likeness (QED) is 0.785. The summed E-state index contributed by atoms with van der Waals surface area (Å²) >= 11 is 0. The predicted octanol–water partition coefficient (Wildman–Crippen LogP) is 1.49. The highest BCUT2D eigenvalue weighted by Crippen LogP contribution is 2.31. The monoisotopic (exact) mass is 238 g/mol. The second-order valence-electron chi connectivity index (χ2n) is 6.20. The average Bonchev–Trinajstić information content (AvgIpc) is 2.88. The molecule has 0 amide bonds. The van der Waals surface area contributed by atoms with Crippen LogP contribution in [0.5, 0.6) is 0 Å². The zero-order valence-electron chi connectivity index (χ0n) is 11.0. The lowest BCUT2D eigenvalue weighted by Crippen LogP contribution is -2.37. The van der Waals surface area contributed by atoms with E-state index >= 15 is 0 Å². The van der Waals surface area contributed by atoms with Gasteiger partial charge in [0.15, 0.2) is 0 Å². The maximum Gasteiger partial charge on any atom is 0.0509 e. The molecular formula is C14H26N2O. The fourth-order valence-corrected chi connectivity index (χ4v) is 3.27. The number of nitrogens with one attached hydrogen (secondary N) is 1. The molecule has 2 saturated heterocycles. The van der Waals surface area contributed by atoms with E-state index in [9.17, 15) is 0 Å². The van der Waals surface area contributed by atoms with Crippen LogP contribution in [0.2, 0.25) is 0 Å². The zero-order valence-corrected chi connectivity index (χ0v) is 11.0. The minimum absolute atomic E-state index is 0.632. The molecule has 3 unspecified atom stereocenters. The van der Waals surface area contributed by atoms with E-state index in [1.165, 1.54) is 45.3 Å². The van der Waals surface area contributed by atoms with Gasteiger partial charge in [0.1, 0.15) is 0 Å². The molecule has 3 fully saturated rings. The Kier molecular flexibility index (Phi) is 3.69. The first kappa shape index (κ1) is 11.9. The van der Waals surface area contributed by atoms with Gasteiger partial charge < -0.3 is 15.0 Å². The summed E-state index contributed by atoms with van der Waals surface area (Å²) in [5.74, 6) is 1.64. The summed E-state index contributed by atoms with van der Waals surface area (Å²) in [6.45, 7) is 8.15. The van der Waals surface area contributed by atoms with E-state index in [0.29, 0.717) is 6.04 Å². The molecule has 17 heavy (non-hydrogen) atoms. The van der Waals surface area contributed by atoms with Gasteiger partial charge in [0, 0.05) is 25.2 Å². The van der Waals surface area contributed by atoms with Gasteiger partial charge in [-0.2, -0.15) is 0 Å². The van der Waals surface area contributed by atoms with Gasteiger partial charge in [0.05, 0.1) is 6.61 Å². The second-order valence-corrected chi connectivity index (χ2v) is 6.20. The minimum Gasteiger partial charge on any atom is -0.381 e. The summed E-state index contributed by atoms with van der Waals surface area (Å²) in [6.07, 6.45) is 5.55. The van der Waals surface area contributed by atoms with Gasteiger partial charge in [0.2, 0.25) is 0 Å². The van der Waals surface area contributed by atoms with Crippen LogP contribution < -0.4 is 5.32 Å². The summed E-state index contributed by atoms with van der Waals surface area (Å²) in [5.41, 5.74) is 0. The third kappa shape index (κ3) is 3.01. The Labute approximate surface area is 105 Å². The highest BCUT2D eigenvalue weighted by atomic mass is 16.5. The molecule has 1 saturated carbocycles. The fraction of sp³-hybridized carbons (Fsp3) is 1.00. The molecule has 3 atom stereocenters. The van der Waals surface area contributed by atoms with Crippen molar-refractivity contribution in [1.82, 2.24) is 10.2 Å². The van der Waals surface area contributed by atoms with E-state index in [2.05, 4.69) is 17.1 Å². The number of likely N-dealkylation sites (tertiary alicyclic amines) is 1. The van der Waals surface area contributed by atoms with Crippen LogP contribution in [0.25, 0.3) is 0 Å². The van der Waals surface area contributed by atoms with Crippen molar-refractivity contribution in [2.45, 2.75) is 44.7 Å². The van der Waals surface area contributed by atoms with Crippen LogP contribution in [0.1, 0.15) is 32.6 Å². The number of hydrogen-bond donors (Lipinski definition) is 1. The van der Waals surface area contributed by atoms with E-state index in [-0.39, 0.29) is 0 Å². The molecule has 98 valence electrons. The molecule has 0 bridgehead atoms. The van der Waals surface area contributed by atoms with Gasteiger partial charge in [-0.25, -0.2) is 0 Å². The predicted molar refractivity (Wildman–Crippen MR) is 69.1 cm³/mol. The molecule has 0 aromatic carbocycles. The van der Waals surface area contributed by atoms with Gasteiger partial charge in [-0.05, 0) is 57.5 Å². The third-order valence-electron chi connectivity index (χ3n) is 4.78. The van der Waals surface area contributed by atoms with Crippen molar-refractivity contribution in [3.05, 3.63) is 0 Å². The largest absolute Gasteiger partial charge is 0.381 e. The normalized spacial score (nSPS) is 36.5. The molecule has 3 nitrogen and oxygen atoms in total. The molecule has 2 aliphatic heterocycles. The van der Waals surface area contributed by atoms with Gasteiger partial charge in [-0.3, -0.25) is 0 Å². The van der Waals surface area contributed by atoms with Crippen LogP contribution in [0.4, 0.5) is 0 Å². The maximum atomic E-state index is 5.46. The molecule has 3 aliphatic rings. The molecule has 3 heteroatoms. The zero-order chi connectivity index (χ0) is 11.7.